The van der Waals surface area contributed by atoms with Crippen LogP contribution in [0.1, 0.15) is 36.0 Å². The lowest BCUT2D eigenvalue weighted by Gasteiger charge is -2.28. The molecule has 2 heterocycles. The van der Waals surface area contributed by atoms with Crippen molar-refractivity contribution in [2.75, 3.05) is 6.79 Å². The minimum atomic E-state index is -0.193. The van der Waals surface area contributed by atoms with Crippen LogP contribution in [-0.2, 0) is 0 Å². The molecule has 7 nitrogen and oxygen atoms in total. The Morgan fingerprint density at radius 2 is 1.89 bits per heavy atom. The number of fused-ring (bicyclic) bond motifs is 1. The van der Waals surface area contributed by atoms with Crippen LogP contribution >= 0.6 is 11.8 Å². The molecule has 1 amide bonds. The van der Waals surface area contributed by atoms with Gasteiger partial charge in [-0.2, -0.15) is 0 Å². The largest absolute Gasteiger partial charge is 0.454 e. The van der Waals surface area contributed by atoms with Gasteiger partial charge in [0, 0.05) is 24.3 Å². The minimum absolute atomic E-state index is 0.123. The summed E-state index contributed by atoms with van der Waals surface area (Å²) in [6, 6.07) is 9.10. The number of carbonyl (C=O) groups excluding carboxylic acids is 1. The van der Waals surface area contributed by atoms with Crippen molar-refractivity contribution < 1.29 is 19.0 Å². The first-order valence-electron chi connectivity index (χ1n) is 8.92. The van der Waals surface area contributed by atoms with Gasteiger partial charge in [0.1, 0.15) is 11.3 Å². The van der Waals surface area contributed by atoms with Crippen molar-refractivity contribution in [1.29, 1.82) is 0 Å². The van der Waals surface area contributed by atoms with Crippen LogP contribution in [0.25, 0.3) is 0 Å². The van der Waals surface area contributed by atoms with Gasteiger partial charge in [0.2, 0.25) is 12.7 Å². The fourth-order valence-electron chi connectivity index (χ4n) is 3.31. The highest BCUT2D eigenvalue weighted by atomic mass is 35.5. The third-order valence-electron chi connectivity index (χ3n) is 4.79. The molecule has 1 saturated carbocycles. The van der Waals surface area contributed by atoms with Crippen molar-refractivity contribution in [2.24, 2.45) is 0 Å². The molecule has 0 atom stereocenters. The van der Waals surface area contributed by atoms with Crippen LogP contribution in [0, 0.1) is 0 Å². The molecule has 27 heavy (non-hydrogen) atoms. The SMILES string of the molecule is O=C(NC1CCC(NCl)CC1)c1cccnc1Oc1ccc2c(c1)OCO2. The fraction of sp³-hybridized carbons (Fsp3) is 0.368. The highest BCUT2D eigenvalue weighted by Gasteiger charge is 2.24. The van der Waals surface area contributed by atoms with E-state index in [1.165, 1.54) is 0 Å². The number of amides is 1. The molecule has 0 spiro atoms. The van der Waals surface area contributed by atoms with Crippen LogP contribution in [0.2, 0.25) is 0 Å². The summed E-state index contributed by atoms with van der Waals surface area (Å²) in [5, 5.41) is 3.07. The molecule has 0 radical (unpaired) electrons. The molecule has 1 aromatic heterocycles. The van der Waals surface area contributed by atoms with Crippen LogP contribution in [0.4, 0.5) is 0 Å². The third kappa shape index (κ3) is 4.09. The number of carbonyl (C=O) groups is 1. The molecule has 1 aliphatic carbocycles. The van der Waals surface area contributed by atoms with Crippen LogP contribution in [0.5, 0.6) is 23.1 Å². The lowest BCUT2D eigenvalue weighted by molar-refractivity contribution is 0.0922. The van der Waals surface area contributed by atoms with E-state index in [2.05, 4.69) is 15.1 Å². The third-order valence-corrected chi connectivity index (χ3v) is 5.10. The maximum Gasteiger partial charge on any atom is 0.257 e. The van der Waals surface area contributed by atoms with Gasteiger partial charge in [0.15, 0.2) is 11.5 Å². The number of ether oxygens (including phenoxy) is 3. The van der Waals surface area contributed by atoms with E-state index in [-0.39, 0.29) is 24.6 Å². The van der Waals surface area contributed by atoms with Crippen LogP contribution < -0.4 is 24.4 Å². The van der Waals surface area contributed by atoms with Crippen molar-refractivity contribution >= 4 is 17.7 Å². The molecule has 0 saturated heterocycles. The van der Waals surface area contributed by atoms with Gasteiger partial charge in [-0.15, -0.1) is 0 Å². The van der Waals surface area contributed by atoms with Gasteiger partial charge in [-0.3, -0.25) is 4.79 Å². The molecule has 2 N–H and O–H groups in total. The van der Waals surface area contributed by atoms with Crippen molar-refractivity contribution in [3.05, 3.63) is 42.1 Å². The van der Waals surface area contributed by atoms with E-state index in [1.807, 2.05) is 0 Å². The first-order valence-corrected chi connectivity index (χ1v) is 9.30. The summed E-state index contributed by atoms with van der Waals surface area (Å²) in [5.41, 5.74) is 0.396. The average Bonchev–Trinajstić information content (AvgIpc) is 3.17. The monoisotopic (exact) mass is 389 g/mol. The van der Waals surface area contributed by atoms with E-state index >= 15 is 0 Å². The number of pyridine rings is 1. The van der Waals surface area contributed by atoms with E-state index in [9.17, 15) is 4.79 Å². The van der Waals surface area contributed by atoms with Gasteiger partial charge in [-0.25, -0.2) is 9.82 Å². The molecule has 1 aliphatic heterocycles. The summed E-state index contributed by atoms with van der Waals surface area (Å²) in [7, 11) is 0. The van der Waals surface area contributed by atoms with Crippen molar-refractivity contribution in [3.63, 3.8) is 0 Å². The standard InChI is InChI=1S/C19H20ClN3O4/c20-23-13-5-3-12(4-6-13)22-18(24)15-2-1-9-21-19(15)27-14-7-8-16-17(10-14)26-11-25-16/h1-2,7-10,12-13,23H,3-6,11H2,(H,22,24). The number of benzene rings is 1. The number of aromatic nitrogens is 1. The van der Waals surface area contributed by atoms with Crippen LogP contribution in [0.15, 0.2) is 36.5 Å². The zero-order valence-electron chi connectivity index (χ0n) is 14.6. The van der Waals surface area contributed by atoms with Gasteiger partial charge in [-0.05, 0) is 61.7 Å². The Kier molecular flexibility index (Phi) is 5.31. The Bertz CT molecular complexity index is 824. The lowest BCUT2D eigenvalue weighted by Crippen LogP contribution is -2.40. The topological polar surface area (TPSA) is 81.7 Å². The summed E-state index contributed by atoms with van der Waals surface area (Å²) < 4.78 is 16.5. The summed E-state index contributed by atoms with van der Waals surface area (Å²) in [5.74, 6) is 1.87. The van der Waals surface area contributed by atoms with Crippen molar-refractivity contribution in [2.45, 2.75) is 37.8 Å². The molecule has 2 aromatic rings. The van der Waals surface area contributed by atoms with Gasteiger partial charge < -0.3 is 19.5 Å². The van der Waals surface area contributed by atoms with Crippen molar-refractivity contribution in [1.82, 2.24) is 15.1 Å². The molecular formula is C19H20ClN3O4. The van der Waals surface area contributed by atoms with Gasteiger partial charge in [-0.1, -0.05) is 0 Å². The molecule has 4 rings (SSSR count). The zero-order valence-corrected chi connectivity index (χ0v) is 15.4. The molecule has 0 bridgehead atoms. The first kappa shape index (κ1) is 17.9. The van der Waals surface area contributed by atoms with E-state index in [1.54, 1.807) is 36.5 Å². The molecule has 1 fully saturated rings. The average molecular weight is 390 g/mol. The Morgan fingerprint density at radius 3 is 2.70 bits per heavy atom. The molecule has 142 valence electrons. The molecule has 0 unspecified atom stereocenters. The highest BCUT2D eigenvalue weighted by molar-refractivity contribution is 6.13. The predicted molar refractivity (Wildman–Crippen MR) is 99.4 cm³/mol. The molecular weight excluding hydrogens is 370 g/mol. The van der Waals surface area contributed by atoms with Gasteiger partial charge >= 0.3 is 0 Å². The zero-order chi connectivity index (χ0) is 18.6. The summed E-state index contributed by atoms with van der Waals surface area (Å²) >= 11 is 5.68. The normalized spacial score (nSPS) is 20.9. The Labute approximate surface area is 162 Å². The second-order valence-corrected chi connectivity index (χ2v) is 6.82. The quantitative estimate of drug-likeness (QED) is 0.763. The Morgan fingerprint density at radius 1 is 1.11 bits per heavy atom. The van der Waals surface area contributed by atoms with Gasteiger partial charge in [0.25, 0.3) is 5.91 Å². The summed E-state index contributed by atoms with van der Waals surface area (Å²) in [4.78, 5) is 19.7. The van der Waals surface area contributed by atoms with E-state index in [0.717, 1.165) is 25.7 Å². The minimum Gasteiger partial charge on any atom is -0.454 e. The summed E-state index contributed by atoms with van der Waals surface area (Å²) in [6.45, 7) is 0.192. The highest BCUT2D eigenvalue weighted by Crippen LogP contribution is 2.36. The van der Waals surface area contributed by atoms with E-state index < -0.39 is 0 Å². The molecule has 8 heteroatoms. The second kappa shape index (κ2) is 8.02. The van der Waals surface area contributed by atoms with Crippen LogP contribution in [-0.4, -0.2) is 29.8 Å². The van der Waals surface area contributed by atoms with Crippen LogP contribution in [0.3, 0.4) is 0 Å². The van der Waals surface area contributed by atoms with E-state index in [4.69, 9.17) is 26.0 Å². The molecule has 2 aliphatic rings. The Balaban J connectivity index is 1.45. The smallest absolute Gasteiger partial charge is 0.257 e. The lowest BCUT2D eigenvalue weighted by atomic mass is 9.91. The number of nitrogens with zero attached hydrogens (tertiary/aromatic N) is 1. The summed E-state index contributed by atoms with van der Waals surface area (Å²) in [6.07, 6.45) is 5.23. The predicted octanol–water partition coefficient (Wildman–Crippen LogP) is 3.39. The number of hydrogen-bond acceptors (Lipinski definition) is 6. The number of rotatable bonds is 5. The second-order valence-electron chi connectivity index (χ2n) is 6.60. The fourth-order valence-corrected chi connectivity index (χ4v) is 3.53. The van der Waals surface area contributed by atoms with E-state index in [0.29, 0.717) is 28.9 Å². The first-order chi connectivity index (χ1) is 13.2. The van der Waals surface area contributed by atoms with Gasteiger partial charge in [0.05, 0.1) is 0 Å². The maximum absolute atomic E-state index is 12.7. The number of halogens is 1. The van der Waals surface area contributed by atoms with Crippen molar-refractivity contribution in [3.8, 4) is 23.1 Å². The number of hydrogen-bond donors (Lipinski definition) is 2. The number of nitrogens with one attached hydrogen (secondary N) is 2. The Hall–Kier alpha value is -2.51. The maximum atomic E-state index is 12.7. The molecule has 1 aromatic carbocycles.